The van der Waals surface area contributed by atoms with Gasteiger partial charge in [-0.3, -0.25) is 0 Å². The molecule has 0 saturated carbocycles. The van der Waals surface area contributed by atoms with E-state index >= 15 is 0 Å². The highest BCUT2D eigenvalue weighted by atomic mass is 79.9. The number of nitrogens with zero attached hydrogens (tertiary/aromatic N) is 2. The molecular weight excluding hydrogens is 278 g/mol. The van der Waals surface area contributed by atoms with Gasteiger partial charge in [-0.15, -0.1) is 0 Å². The second-order valence-electron chi connectivity index (χ2n) is 4.16. The molecule has 0 saturated heterocycles. The van der Waals surface area contributed by atoms with E-state index in [-0.39, 0.29) is 0 Å². The van der Waals surface area contributed by atoms with Gasteiger partial charge in [0.2, 0.25) is 0 Å². The second kappa shape index (κ2) is 5.02. The van der Waals surface area contributed by atoms with Crippen LogP contribution in [0.15, 0.2) is 28.9 Å². The van der Waals surface area contributed by atoms with Crippen molar-refractivity contribution >= 4 is 15.9 Å². The third-order valence-corrected chi connectivity index (χ3v) is 3.69. The zero-order valence-corrected chi connectivity index (χ0v) is 11.7. The highest BCUT2D eigenvalue weighted by Gasteiger charge is 2.06. The van der Waals surface area contributed by atoms with Crippen molar-refractivity contribution in [3.63, 3.8) is 0 Å². The van der Waals surface area contributed by atoms with Gasteiger partial charge in [0.15, 0.2) is 0 Å². The van der Waals surface area contributed by atoms with E-state index in [0.29, 0.717) is 6.54 Å². The molecular formula is C13H16BrN3. The standard InChI is InChI=1S/C13H16BrN3/c1-9-3-4-12(7-13(9)14)17-8-11(5-6-15)10(2)16-17/h3-4,7-8H,5-6,15H2,1-2H3. The third-order valence-electron chi connectivity index (χ3n) is 2.83. The first kappa shape index (κ1) is 12.3. The van der Waals surface area contributed by atoms with Crippen LogP contribution < -0.4 is 5.73 Å². The highest BCUT2D eigenvalue weighted by Crippen LogP contribution is 2.20. The van der Waals surface area contributed by atoms with Crippen molar-refractivity contribution in [2.45, 2.75) is 20.3 Å². The van der Waals surface area contributed by atoms with E-state index in [4.69, 9.17) is 5.73 Å². The lowest BCUT2D eigenvalue weighted by molar-refractivity contribution is 0.861. The lowest BCUT2D eigenvalue weighted by atomic mass is 10.2. The lowest BCUT2D eigenvalue weighted by Crippen LogP contribution is -2.02. The topological polar surface area (TPSA) is 43.8 Å². The fourth-order valence-corrected chi connectivity index (χ4v) is 2.12. The summed E-state index contributed by atoms with van der Waals surface area (Å²) in [6.45, 7) is 4.75. The molecule has 17 heavy (non-hydrogen) atoms. The number of rotatable bonds is 3. The van der Waals surface area contributed by atoms with Crippen molar-refractivity contribution in [1.29, 1.82) is 0 Å². The summed E-state index contributed by atoms with van der Waals surface area (Å²) in [6.07, 6.45) is 2.93. The van der Waals surface area contributed by atoms with E-state index in [1.807, 2.05) is 11.6 Å². The third kappa shape index (κ3) is 2.58. The number of hydrogen-bond donors (Lipinski definition) is 1. The molecule has 0 amide bonds. The lowest BCUT2D eigenvalue weighted by Gasteiger charge is -2.03. The predicted molar refractivity (Wildman–Crippen MR) is 73.5 cm³/mol. The molecule has 2 N–H and O–H groups in total. The van der Waals surface area contributed by atoms with Crippen molar-refractivity contribution in [2.75, 3.05) is 6.54 Å². The molecule has 0 aliphatic carbocycles. The summed E-state index contributed by atoms with van der Waals surface area (Å²) in [5.74, 6) is 0. The van der Waals surface area contributed by atoms with Gasteiger partial charge in [-0.2, -0.15) is 5.10 Å². The van der Waals surface area contributed by atoms with E-state index in [1.165, 1.54) is 11.1 Å². The van der Waals surface area contributed by atoms with Crippen LogP contribution in [0.5, 0.6) is 0 Å². The number of halogens is 1. The second-order valence-corrected chi connectivity index (χ2v) is 5.01. The van der Waals surface area contributed by atoms with Gasteiger partial charge in [0.05, 0.1) is 11.4 Å². The number of benzene rings is 1. The summed E-state index contributed by atoms with van der Waals surface area (Å²) >= 11 is 3.54. The molecule has 4 heteroatoms. The van der Waals surface area contributed by atoms with Crippen molar-refractivity contribution < 1.29 is 0 Å². The van der Waals surface area contributed by atoms with Crippen molar-refractivity contribution in [2.24, 2.45) is 5.73 Å². The Morgan fingerprint density at radius 3 is 2.76 bits per heavy atom. The Hall–Kier alpha value is -1.13. The molecule has 0 unspecified atom stereocenters. The molecule has 2 aromatic rings. The Bertz CT molecular complexity index is 531. The molecule has 0 aliphatic heterocycles. The quantitative estimate of drug-likeness (QED) is 0.946. The van der Waals surface area contributed by atoms with Gasteiger partial charge < -0.3 is 5.73 Å². The van der Waals surface area contributed by atoms with E-state index < -0.39 is 0 Å². The molecule has 2 rings (SSSR count). The summed E-state index contributed by atoms with van der Waals surface area (Å²) in [4.78, 5) is 0. The Kier molecular flexibility index (Phi) is 3.64. The van der Waals surface area contributed by atoms with Crippen molar-refractivity contribution in [1.82, 2.24) is 9.78 Å². The molecule has 0 fully saturated rings. The summed E-state index contributed by atoms with van der Waals surface area (Å²) < 4.78 is 3.01. The summed E-state index contributed by atoms with van der Waals surface area (Å²) in [5.41, 5.74) is 10.1. The average Bonchev–Trinajstić information content (AvgIpc) is 2.65. The van der Waals surface area contributed by atoms with Gasteiger partial charge in [-0.25, -0.2) is 4.68 Å². The summed E-state index contributed by atoms with van der Waals surface area (Å²) in [7, 11) is 0. The fraction of sp³-hybridized carbons (Fsp3) is 0.308. The maximum Gasteiger partial charge on any atom is 0.0657 e. The van der Waals surface area contributed by atoms with Crippen molar-refractivity contribution in [3.8, 4) is 5.69 Å². The summed E-state index contributed by atoms with van der Waals surface area (Å²) in [5, 5.41) is 4.51. The minimum atomic E-state index is 0.657. The number of nitrogens with two attached hydrogens (primary N) is 1. The van der Waals surface area contributed by atoms with Crippen LogP contribution in [0.25, 0.3) is 5.69 Å². The monoisotopic (exact) mass is 293 g/mol. The van der Waals surface area contributed by atoms with E-state index in [1.54, 1.807) is 0 Å². The molecule has 1 heterocycles. The van der Waals surface area contributed by atoms with E-state index in [0.717, 1.165) is 22.3 Å². The van der Waals surface area contributed by atoms with Gasteiger partial charge in [0, 0.05) is 10.7 Å². The maximum atomic E-state index is 5.58. The number of aromatic nitrogens is 2. The SMILES string of the molecule is Cc1ccc(-n2cc(CCN)c(C)n2)cc1Br. The van der Waals surface area contributed by atoms with Crippen LogP contribution >= 0.6 is 15.9 Å². The Morgan fingerprint density at radius 1 is 1.35 bits per heavy atom. The minimum Gasteiger partial charge on any atom is -0.330 e. The first-order chi connectivity index (χ1) is 8.11. The van der Waals surface area contributed by atoms with Crippen LogP contribution in [0.4, 0.5) is 0 Å². The molecule has 0 aliphatic rings. The normalized spacial score (nSPS) is 10.8. The maximum absolute atomic E-state index is 5.58. The van der Waals surface area contributed by atoms with E-state index in [9.17, 15) is 0 Å². The fourth-order valence-electron chi connectivity index (χ4n) is 1.75. The molecule has 1 aromatic heterocycles. The van der Waals surface area contributed by atoms with Gasteiger partial charge >= 0.3 is 0 Å². The zero-order chi connectivity index (χ0) is 12.4. The van der Waals surface area contributed by atoms with E-state index in [2.05, 4.69) is 52.3 Å². The van der Waals surface area contributed by atoms with Gasteiger partial charge in [-0.1, -0.05) is 22.0 Å². The van der Waals surface area contributed by atoms with Gasteiger partial charge in [0.1, 0.15) is 0 Å². The molecule has 0 radical (unpaired) electrons. The first-order valence-electron chi connectivity index (χ1n) is 5.63. The van der Waals surface area contributed by atoms with Crippen LogP contribution in [-0.2, 0) is 6.42 Å². The number of aryl methyl sites for hydroxylation is 2. The molecule has 0 bridgehead atoms. The first-order valence-corrected chi connectivity index (χ1v) is 6.43. The van der Waals surface area contributed by atoms with Crippen LogP contribution in [-0.4, -0.2) is 16.3 Å². The Morgan fingerprint density at radius 2 is 2.12 bits per heavy atom. The molecule has 0 spiro atoms. The minimum absolute atomic E-state index is 0.657. The van der Waals surface area contributed by atoms with Crippen LogP contribution in [0.1, 0.15) is 16.8 Å². The molecule has 90 valence electrons. The number of hydrogen-bond acceptors (Lipinski definition) is 2. The van der Waals surface area contributed by atoms with Crippen LogP contribution in [0.3, 0.4) is 0 Å². The van der Waals surface area contributed by atoms with Gasteiger partial charge in [0.25, 0.3) is 0 Å². The van der Waals surface area contributed by atoms with Crippen LogP contribution in [0.2, 0.25) is 0 Å². The van der Waals surface area contributed by atoms with Gasteiger partial charge in [-0.05, 0) is 50.1 Å². The Balaban J connectivity index is 2.39. The van der Waals surface area contributed by atoms with Crippen molar-refractivity contribution in [3.05, 3.63) is 45.7 Å². The zero-order valence-electron chi connectivity index (χ0n) is 10.1. The smallest absolute Gasteiger partial charge is 0.0657 e. The summed E-state index contributed by atoms with van der Waals surface area (Å²) in [6, 6.07) is 6.23. The highest BCUT2D eigenvalue weighted by molar-refractivity contribution is 9.10. The molecule has 3 nitrogen and oxygen atoms in total. The molecule has 1 aromatic carbocycles. The van der Waals surface area contributed by atoms with Crippen LogP contribution in [0, 0.1) is 13.8 Å². The predicted octanol–water partition coefficient (Wildman–Crippen LogP) is 2.75. The Labute approximate surface area is 110 Å². The average molecular weight is 294 g/mol. The molecule has 0 atom stereocenters. The largest absolute Gasteiger partial charge is 0.330 e.